The summed E-state index contributed by atoms with van der Waals surface area (Å²) in [7, 11) is 0. The molecule has 0 spiro atoms. The maximum atomic E-state index is 12.7. The number of ether oxygens (including phenoxy) is 2. The van der Waals surface area contributed by atoms with Gasteiger partial charge in [-0.05, 0) is 46.0 Å². The van der Waals surface area contributed by atoms with Crippen molar-refractivity contribution in [3.8, 4) is 0 Å². The van der Waals surface area contributed by atoms with Crippen molar-refractivity contribution in [1.82, 2.24) is 0 Å². The summed E-state index contributed by atoms with van der Waals surface area (Å²) in [5.41, 5.74) is -1.18. The molecule has 0 atom stereocenters. The van der Waals surface area contributed by atoms with Gasteiger partial charge in [0.25, 0.3) is 5.92 Å². The van der Waals surface area contributed by atoms with Gasteiger partial charge in [0.1, 0.15) is 5.60 Å². The van der Waals surface area contributed by atoms with Crippen LogP contribution >= 0.6 is 0 Å². The van der Waals surface area contributed by atoms with E-state index in [2.05, 4.69) is 4.74 Å². The van der Waals surface area contributed by atoms with Crippen LogP contribution in [-0.2, 0) is 19.1 Å². The Hall–Kier alpha value is -1.20. The lowest BCUT2D eigenvalue weighted by molar-refractivity contribution is -0.173. The van der Waals surface area contributed by atoms with Gasteiger partial charge >= 0.3 is 11.9 Å². The van der Waals surface area contributed by atoms with Crippen molar-refractivity contribution in [3.63, 3.8) is 0 Å². The normalized spacial score (nSPS) is 12.8. The fourth-order valence-corrected chi connectivity index (χ4v) is 2.11. The fourth-order valence-electron chi connectivity index (χ4n) is 2.11. The number of esters is 2. The number of alkyl halides is 2. The van der Waals surface area contributed by atoms with Crippen molar-refractivity contribution < 1.29 is 27.8 Å². The van der Waals surface area contributed by atoms with Gasteiger partial charge < -0.3 is 9.47 Å². The van der Waals surface area contributed by atoms with E-state index in [-0.39, 0.29) is 12.4 Å². The van der Waals surface area contributed by atoms with Crippen molar-refractivity contribution in [2.45, 2.75) is 91.6 Å². The number of hydrogen-bond acceptors (Lipinski definition) is 4. The van der Waals surface area contributed by atoms with Crippen LogP contribution in [0.5, 0.6) is 0 Å². The van der Waals surface area contributed by atoms with E-state index >= 15 is 0 Å². The van der Waals surface area contributed by atoms with Crippen LogP contribution in [0.15, 0.2) is 0 Å². The number of carbonyl (C=O) groups excluding carboxylic acids is 2. The lowest BCUT2D eigenvalue weighted by Crippen LogP contribution is -2.39. The monoisotopic (exact) mass is 350 g/mol. The predicted octanol–water partition coefficient (Wildman–Crippen LogP) is 4.89. The zero-order valence-electron chi connectivity index (χ0n) is 15.8. The minimum Gasteiger partial charge on any atom is -0.459 e. The molecule has 0 amide bonds. The fraction of sp³-hybridized carbons (Fsp3) is 0.889. The number of rotatable bonds is 11. The highest BCUT2D eigenvalue weighted by Crippen LogP contribution is 2.32. The Labute approximate surface area is 144 Å². The molecule has 0 aliphatic rings. The average Bonchev–Trinajstić information content (AvgIpc) is 2.51. The van der Waals surface area contributed by atoms with Gasteiger partial charge in [-0.15, -0.1) is 0 Å². The summed E-state index contributed by atoms with van der Waals surface area (Å²) in [5.74, 6) is -3.92. The third-order valence-electron chi connectivity index (χ3n) is 4.53. The van der Waals surface area contributed by atoms with E-state index in [1.807, 2.05) is 34.6 Å². The molecule has 0 fully saturated rings. The first-order valence-electron chi connectivity index (χ1n) is 8.68. The van der Waals surface area contributed by atoms with Crippen molar-refractivity contribution in [2.75, 3.05) is 6.61 Å². The van der Waals surface area contributed by atoms with Crippen LogP contribution in [-0.4, -0.2) is 30.1 Å². The molecule has 0 saturated heterocycles. The van der Waals surface area contributed by atoms with Gasteiger partial charge in [-0.3, -0.25) is 9.59 Å². The molecule has 0 aliphatic heterocycles. The molecule has 0 unspecified atom stereocenters. The quantitative estimate of drug-likeness (QED) is 0.498. The number of carbonyl (C=O) groups is 2. The van der Waals surface area contributed by atoms with Crippen LogP contribution in [0.25, 0.3) is 0 Å². The standard InChI is InChI=1S/C18H32F2O4/c1-7-16(4,5)15(22)24-18(8-2,9-3)12-10-11-14(21)23-13-17(6,19)20/h7-13H2,1-6H3. The Morgan fingerprint density at radius 3 is 1.92 bits per heavy atom. The predicted molar refractivity (Wildman–Crippen MR) is 88.9 cm³/mol. The van der Waals surface area contributed by atoms with Gasteiger partial charge in [0, 0.05) is 13.3 Å². The molecule has 142 valence electrons. The molecule has 0 aromatic heterocycles. The number of hydrogen-bond donors (Lipinski definition) is 0. The number of halogens is 2. The molecule has 4 nitrogen and oxygen atoms in total. The van der Waals surface area contributed by atoms with Crippen LogP contribution in [0, 0.1) is 5.41 Å². The van der Waals surface area contributed by atoms with Crippen LogP contribution < -0.4 is 0 Å². The van der Waals surface area contributed by atoms with Gasteiger partial charge in [0.15, 0.2) is 6.61 Å². The third-order valence-corrected chi connectivity index (χ3v) is 4.53. The zero-order chi connectivity index (χ0) is 19.0. The topological polar surface area (TPSA) is 52.6 Å². The summed E-state index contributed by atoms with van der Waals surface area (Å²) in [6.45, 7) is 9.28. The van der Waals surface area contributed by atoms with E-state index in [0.717, 1.165) is 0 Å². The van der Waals surface area contributed by atoms with Crippen molar-refractivity contribution in [2.24, 2.45) is 5.41 Å². The highest BCUT2D eigenvalue weighted by Gasteiger charge is 2.36. The smallest absolute Gasteiger partial charge is 0.312 e. The molecule has 0 rings (SSSR count). The summed E-state index contributed by atoms with van der Waals surface area (Å²) in [4.78, 5) is 23.9. The summed E-state index contributed by atoms with van der Waals surface area (Å²) in [6, 6.07) is 0. The highest BCUT2D eigenvalue weighted by molar-refractivity contribution is 5.76. The van der Waals surface area contributed by atoms with Crippen molar-refractivity contribution >= 4 is 11.9 Å². The van der Waals surface area contributed by atoms with Gasteiger partial charge in [0.2, 0.25) is 0 Å². The Morgan fingerprint density at radius 2 is 1.50 bits per heavy atom. The second-order valence-corrected chi connectivity index (χ2v) is 7.10. The molecule has 0 N–H and O–H groups in total. The molecule has 0 aromatic carbocycles. The molecular formula is C18H32F2O4. The lowest BCUT2D eigenvalue weighted by atomic mass is 9.87. The first-order valence-corrected chi connectivity index (χ1v) is 8.68. The largest absolute Gasteiger partial charge is 0.459 e. The Balaban J connectivity index is 4.58. The van der Waals surface area contributed by atoms with Crippen LogP contribution in [0.4, 0.5) is 8.78 Å². The second kappa shape index (κ2) is 9.33. The van der Waals surface area contributed by atoms with E-state index in [9.17, 15) is 18.4 Å². The SMILES string of the molecule is CCC(CC)(CCCC(=O)OCC(C)(F)F)OC(=O)C(C)(C)CC. The summed E-state index contributed by atoms with van der Waals surface area (Å²) in [6.07, 6.45) is 2.91. The molecule has 0 heterocycles. The molecule has 24 heavy (non-hydrogen) atoms. The van der Waals surface area contributed by atoms with E-state index in [0.29, 0.717) is 39.0 Å². The molecular weight excluding hydrogens is 318 g/mol. The van der Waals surface area contributed by atoms with Crippen LogP contribution in [0.2, 0.25) is 0 Å². The average molecular weight is 350 g/mol. The molecule has 0 aliphatic carbocycles. The minimum atomic E-state index is -3.02. The summed E-state index contributed by atoms with van der Waals surface area (Å²) >= 11 is 0. The van der Waals surface area contributed by atoms with Crippen LogP contribution in [0.3, 0.4) is 0 Å². The molecule has 6 heteroatoms. The summed E-state index contributed by atoms with van der Waals surface area (Å²) in [5, 5.41) is 0. The van der Waals surface area contributed by atoms with E-state index < -0.39 is 29.5 Å². The van der Waals surface area contributed by atoms with Gasteiger partial charge in [-0.2, -0.15) is 0 Å². The highest BCUT2D eigenvalue weighted by atomic mass is 19.3. The third kappa shape index (κ3) is 8.06. The van der Waals surface area contributed by atoms with E-state index in [1.165, 1.54) is 0 Å². The lowest BCUT2D eigenvalue weighted by Gasteiger charge is -2.35. The van der Waals surface area contributed by atoms with Crippen molar-refractivity contribution in [3.05, 3.63) is 0 Å². The molecule has 0 aromatic rings. The summed E-state index contributed by atoms with van der Waals surface area (Å²) < 4.78 is 35.6. The van der Waals surface area contributed by atoms with E-state index in [1.54, 1.807) is 0 Å². The van der Waals surface area contributed by atoms with Gasteiger partial charge in [0.05, 0.1) is 5.41 Å². The van der Waals surface area contributed by atoms with Crippen molar-refractivity contribution in [1.29, 1.82) is 0 Å². The Kier molecular flexibility index (Phi) is 8.86. The Morgan fingerprint density at radius 1 is 0.958 bits per heavy atom. The van der Waals surface area contributed by atoms with Crippen LogP contribution in [0.1, 0.15) is 80.1 Å². The second-order valence-electron chi connectivity index (χ2n) is 7.10. The van der Waals surface area contributed by atoms with E-state index in [4.69, 9.17) is 4.74 Å². The maximum Gasteiger partial charge on any atom is 0.312 e. The molecule has 0 bridgehead atoms. The maximum absolute atomic E-state index is 12.7. The molecule has 0 saturated carbocycles. The van der Waals surface area contributed by atoms with Gasteiger partial charge in [-0.25, -0.2) is 8.78 Å². The minimum absolute atomic E-state index is 0.0343. The Bertz CT molecular complexity index is 410. The first-order chi connectivity index (χ1) is 10.9. The first kappa shape index (κ1) is 22.8. The molecule has 0 radical (unpaired) electrons. The zero-order valence-corrected chi connectivity index (χ0v) is 15.8. The van der Waals surface area contributed by atoms with Gasteiger partial charge in [-0.1, -0.05) is 20.8 Å².